The Morgan fingerprint density at radius 2 is 1.62 bits per heavy atom. The third-order valence-corrected chi connectivity index (χ3v) is 2.12. The minimum absolute atomic E-state index is 0.237. The molecule has 0 radical (unpaired) electrons. The summed E-state index contributed by atoms with van der Waals surface area (Å²) in [6, 6.07) is 0. The summed E-state index contributed by atoms with van der Waals surface area (Å²) in [5.41, 5.74) is 0.565. The van der Waals surface area contributed by atoms with Crippen molar-refractivity contribution in [2.75, 3.05) is 13.4 Å². The highest BCUT2D eigenvalue weighted by Gasteiger charge is 2.04. The molecule has 6 heteroatoms. The third-order valence-electron chi connectivity index (χ3n) is 2.12. The number of carbonyl (C=O) groups is 2. The number of hydrogen-bond acceptors (Lipinski definition) is 5. The highest BCUT2D eigenvalue weighted by molar-refractivity contribution is 5.87. The van der Waals surface area contributed by atoms with E-state index in [1.807, 2.05) is 6.92 Å². The lowest BCUT2D eigenvalue weighted by atomic mass is 10.2. The number of carboxylic acid groups (broad SMARTS) is 1. The van der Waals surface area contributed by atoms with Gasteiger partial charge in [-0.25, -0.2) is 9.59 Å². The number of esters is 1. The number of aliphatic hydroxyl groups excluding tert-OH is 1. The van der Waals surface area contributed by atoms with E-state index in [4.69, 9.17) is 20.1 Å². The van der Waals surface area contributed by atoms with E-state index in [0.717, 1.165) is 18.9 Å². The summed E-state index contributed by atoms with van der Waals surface area (Å²) < 4.78 is 5.00. The molecule has 0 amide bonds. The highest BCUT2D eigenvalue weighted by atomic mass is 16.5. The molecule has 0 rings (SSSR count). The van der Waals surface area contributed by atoms with Gasteiger partial charge in [0.2, 0.25) is 0 Å². The molecular weight excluding hydrogens is 276 g/mol. The topological polar surface area (TPSA) is 104 Å². The van der Waals surface area contributed by atoms with E-state index in [1.165, 1.54) is 12.8 Å². The number of ether oxygens (including phenoxy) is 1. The number of hydrogen-bond donors (Lipinski definition) is 3. The molecule has 21 heavy (non-hydrogen) atoms. The second kappa shape index (κ2) is 20.7. The molecule has 0 aliphatic carbocycles. The van der Waals surface area contributed by atoms with Gasteiger partial charge in [0.25, 0.3) is 0 Å². The van der Waals surface area contributed by atoms with Crippen LogP contribution in [-0.4, -0.2) is 40.7 Å². The molecule has 3 N–H and O–H groups in total. The van der Waals surface area contributed by atoms with Crippen molar-refractivity contribution in [2.45, 2.75) is 46.0 Å². The minimum atomic E-state index is -0.981. The first-order valence-corrected chi connectivity index (χ1v) is 6.83. The average molecular weight is 304 g/mol. The van der Waals surface area contributed by atoms with Crippen LogP contribution in [0.25, 0.3) is 0 Å². The number of aliphatic hydroxyl groups is 2. The standard InChI is InChI=1S/C11H20O2.C3H4O2.CH4O2/c1-4-6-7-8-9-13-11(12)10(3)5-2;1-2-3(4)5;2-1-3/h3-9H2,1-2H3;2H,1H2,(H,4,5);2-3H,1H2. The van der Waals surface area contributed by atoms with Crippen LogP contribution in [0.3, 0.4) is 0 Å². The van der Waals surface area contributed by atoms with Crippen LogP contribution in [-0.2, 0) is 14.3 Å². The van der Waals surface area contributed by atoms with Gasteiger partial charge in [-0.3, -0.25) is 0 Å². The lowest BCUT2D eigenvalue weighted by molar-refractivity contribution is -0.139. The Labute approximate surface area is 126 Å². The normalized spacial score (nSPS) is 8.38. The van der Waals surface area contributed by atoms with E-state index in [2.05, 4.69) is 20.1 Å². The van der Waals surface area contributed by atoms with Gasteiger partial charge in [0.1, 0.15) is 6.79 Å². The predicted octanol–water partition coefficient (Wildman–Crippen LogP) is 2.26. The molecule has 0 saturated heterocycles. The van der Waals surface area contributed by atoms with Gasteiger partial charge in [-0.15, -0.1) is 0 Å². The molecule has 124 valence electrons. The third kappa shape index (κ3) is 27.5. The van der Waals surface area contributed by atoms with Crippen molar-refractivity contribution >= 4 is 11.9 Å². The van der Waals surface area contributed by atoms with E-state index < -0.39 is 12.8 Å². The minimum Gasteiger partial charge on any atom is -0.478 e. The first-order valence-electron chi connectivity index (χ1n) is 6.83. The van der Waals surface area contributed by atoms with Crippen LogP contribution in [0.2, 0.25) is 0 Å². The zero-order valence-electron chi connectivity index (χ0n) is 13.0. The first kappa shape index (κ1) is 24.4. The van der Waals surface area contributed by atoms with E-state index in [0.29, 0.717) is 18.6 Å². The van der Waals surface area contributed by atoms with Gasteiger partial charge in [0.05, 0.1) is 6.61 Å². The van der Waals surface area contributed by atoms with Crippen molar-refractivity contribution in [1.82, 2.24) is 0 Å². The zero-order chi connectivity index (χ0) is 17.1. The maximum Gasteiger partial charge on any atom is 0.333 e. The van der Waals surface area contributed by atoms with Crippen molar-refractivity contribution in [1.29, 1.82) is 0 Å². The van der Waals surface area contributed by atoms with Crippen molar-refractivity contribution < 1.29 is 29.6 Å². The quantitative estimate of drug-likeness (QED) is 0.275. The summed E-state index contributed by atoms with van der Waals surface area (Å²) in [6.45, 7) is 10.4. The summed E-state index contributed by atoms with van der Waals surface area (Å²) in [4.78, 5) is 20.3. The molecule has 0 aromatic rings. The van der Waals surface area contributed by atoms with Crippen molar-refractivity contribution in [2.24, 2.45) is 0 Å². The van der Waals surface area contributed by atoms with Crippen LogP contribution in [0.5, 0.6) is 0 Å². The van der Waals surface area contributed by atoms with Crippen molar-refractivity contribution in [3.8, 4) is 0 Å². The summed E-state index contributed by atoms with van der Waals surface area (Å²) in [7, 11) is 0. The largest absolute Gasteiger partial charge is 0.478 e. The second-order valence-electron chi connectivity index (χ2n) is 3.84. The molecule has 0 aromatic carbocycles. The molecule has 0 unspecified atom stereocenters. The van der Waals surface area contributed by atoms with E-state index >= 15 is 0 Å². The fourth-order valence-corrected chi connectivity index (χ4v) is 0.940. The average Bonchev–Trinajstić information content (AvgIpc) is 2.47. The molecule has 0 aliphatic rings. The number of aliphatic carboxylic acids is 1. The van der Waals surface area contributed by atoms with E-state index in [-0.39, 0.29) is 5.97 Å². The van der Waals surface area contributed by atoms with Gasteiger partial charge in [-0.2, -0.15) is 0 Å². The molecule has 0 aromatic heterocycles. The van der Waals surface area contributed by atoms with Gasteiger partial charge < -0.3 is 20.1 Å². The Hall–Kier alpha value is -1.66. The Bertz CT molecular complexity index is 286. The number of rotatable bonds is 8. The van der Waals surface area contributed by atoms with Gasteiger partial charge >= 0.3 is 11.9 Å². The van der Waals surface area contributed by atoms with Crippen LogP contribution < -0.4 is 0 Å². The van der Waals surface area contributed by atoms with Gasteiger partial charge in [-0.05, 0) is 12.8 Å². The maximum atomic E-state index is 11.1. The molecule has 0 spiro atoms. The van der Waals surface area contributed by atoms with Crippen LogP contribution in [0.1, 0.15) is 46.0 Å². The molecule has 0 saturated carbocycles. The summed E-state index contributed by atoms with van der Waals surface area (Å²) in [5, 5.41) is 21.9. The monoisotopic (exact) mass is 304 g/mol. The molecule has 0 bridgehead atoms. The molecule has 0 aliphatic heterocycles. The van der Waals surface area contributed by atoms with Crippen molar-refractivity contribution in [3.05, 3.63) is 24.8 Å². The second-order valence-corrected chi connectivity index (χ2v) is 3.84. The van der Waals surface area contributed by atoms with Gasteiger partial charge in [0, 0.05) is 11.6 Å². The number of unbranched alkanes of at least 4 members (excludes halogenated alkanes) is 3. The fraction of sp³-hybridized carbons (Fsp3) is 0.600. The molecule has 6 nitrogen and oxygen atoms in total. The molecule has 0 fully saturated rings. The smallest absolute Gasteiger partial charge is 0.333 e. The van der Waals surface area contributed by atoms with E-state index in [1.54, 1.807) is 0 Å². The molecular formula is C15H28O6. The summed E-state index contributed by atoms with van der Waals surface area (Å²) in [6.07, 6.45) is 6.04. The highest BCUT2D eigenvalue weighted by Crippen LogP contribution is 2.03. The number of carboxylic acids is 1. The molecule has 0 atom stereocenters. The zero-order valence-corrected chi connectivity index (χ0v) is 13.0. The summed E-state index contributed by atoms with van der Waals surface area (Å²) >= 11 is 0. The Morgan fingerprint density at radius 3 is 1.95 bits per heavy atom. The number of carbonyl (C=O) groups excluding carboxylic acids is 1. The fourth-order valence-electron chi connectivity index (χ4n) is 0.940. The molecule has 0 heterocycles. The predicted molar refractivity (Wildman–Crippen MR) is 81.7 cm³/mol. The lowest BCUT2D eigenvalue weighted by Crippen LogP contribution is -2.07. The van der Waals surface area contributed by atoms with Gasteiger partial charge in [0.15, 0.2) is 0 Å². The van der Waals surface area contributed by atoms with Gasteiger partial charge in [-0.1, -0.05) is 46.3 Å². The Kier molecular flexibility index (Phi) is 24.0. The van der Waals surface area contributed by atoms with E-state index in [9.17, 15) is 9.59 Å². The van der Waals surface area contributed by atoms with Crippen LogP contribution in [0.15, 0.2) is 24.8 Å². The Balaban J connectivity index is -0.000000335. The summed E-state index contributed by atoms with van der Waals surface area (Å²) in [5.74, 6) is -1.22. The van der Waals surface area contributed by atoms with Crippen LogP contribution >= 0.6 is 0 Å². The SMILES string of the molecule is C=C(CC)C(=O)OCCCCCC.C=CC(=O)O.OCO. The van der Waals surface area contributed by atoms with Crippen LogP contribution in [0, 0.1) is 0 Å². The van der Waals surface area contributed by atoms with Crippen LogP contribution in [0.4, 0.5) is 0 Å². The van der Waals surface area contributed by atoms with Crippen molar-refractivity contribution in [3.63, 3.8) is 0 Å². The maximum absolute atomic E-state index is 11.1. The Morgan fingerprint density at radius 1 is 1.14 bits per heavy atom. The first-order chi connectivity index (χ1) is 9.90. The lowest BCUT2D eigenvalue weighted by Gasteiger charge is -2.04.